The van der Waals surface area contributed by atoms with Crippen LogP contribution >= 0.6 is 0 Å². The molecule has 2 aromatic rings. The Morgan fingerprint density at radius 3 is 2.18 bits per heavy atom. The van der Waals surface area contributed by atoms with Crippen LogP contribution in [0.3, 0.4) is 0 Å². The maximum atomic E-state index is 13.3. The van der Waals surface area contributed by atoms with E-state index in [1.54, 1.807) is 0 Å². The van der Waals surface area contributed by atoms with Crippen LogP contribution in [-0.2, 0) is 0 Å². The molecule has 2 fully saturated rings. The lowest BCUT2D eigenvalue weighted by molar-refractivity contribution is 0.0928. The van der Waals surface area contributed by atoms with E-state index >= 15 is 0 Å². The van der Waals surface area contributed by atoms with E-state index in [0.29, 0.717) is 17.2 Å². The van der Waals surface area contributed by atoms with E-state index in [1.165, 1.54) is 19.3 Å². The van der Waals surface area contributed by atoms with Crippen molar-refractivity contribution in [2.24, 2.45) is 5.92 Å². The van der Waals surface area contributed by atoms with Gasteiger partial charge in [-0.2, -0.15) is 0 Å². The van der Waals surface area contributed by atoms with Crippen LogP contribution in [-0.4, -0.2) is 31.1 Å². The van der Waals surface area contributed by atoms with E-state index < -0.39 is 0 Å². The molecule has 0 atom stereocenters. The third-order valence-electron chi connectivity index (χ3n) is 6.87. The highest BCUT2D eigenvalue weighted by Gasteiger charge is 2.24. The largest absolute Gasteiger partial charge is 0.371 e. The maximum absolute atomic E-state index is 13.3. The second-order valence-corrected chi connectivity index (χ2v) is 9.66. The first-order valence-corrected chi connectivity index (χ1v) is 12.3. The molecular formula is C27H36N4O2. The Hall–Kier alpha value is -3.02. The lowest BCUT2D eigenvalue weighted by Crippen LogP contribution is -2.38. The van der Waals surface area contributed by atoms with Gasteiger partial charge in [0.2, 0.25) is 0 Å². The Morgan fingerprint density at radius 2 is 1.48 bits per heavy atom. The number of piperidine rings is 1. The van der Waals surface area contributed by atoms with E-state index in [1.807, 2.05) is 49.4 Å². The summed E-state index contributed by atoms with van der Waals surface area (Å²) < 4.78 is 0. The number of benzene rings is 2. The van der Waals surface area contributed by atoms with Crippen LogP contribution in [0.25, 0.3) is 0 Å². The Morgan fingerprint density at radius 1 is 0.848 bits per heavy atom. The van der Waals surface area contributed by atoms with Gasteiger partial charge in [0.1, 0.15) is 0 Å². The van der Waals surface area contributed by atoms with Crippen molar-refractivity contribution < 1.29 is 9.59 Å². The predicted molar refractivity (Wildman–Crippen MR) is 135 cm³/mol. The molecule has 6 heteroatoms. The quantitative estimate of drug-likeness (QED) is 0.530. The molecule has 3 amide bonds. The number of nitrogens with zero attached hydrogens (tertiary/aromatic N) is 1. The fourth-order valence-electron chi connectivity index (χ4n) is 4.76. The molecule has 176 valence electrons. The molecule has 0 unspecified atom stereocenters. The Bertz CT molecular complexity index is 959. The van der Waals surface area contributed by atoms with Crippen LogP contribution in [0.4, 0.5) is 21.9 Å². The summed E-state index contributed by atoms with van der Waals surface area (Å²) >= 11 is 0. The minimum atomic E-state index is -0.322. The zero-order chi connectivity index (χ0) is 23.2. The van der Waals surface area contributed by atoms with Crippen molar-refractivity contribution in [1.29, 1.82) is 0 Å². The van der Waals surface area contributed by atoms with E-state index in [4.69, 9.17) is 0 Å². The molecule has 6 nitrogen and oxygen atoms in total. The van der Waals surface area contributed by atoms with E-state index in [2.05, 4.69) is 27.8 Å². The molecule has 1 aliphatic heterocycles. The van der Waals surface area contributed by atoms with Gasteiger partial charge in [0.25, 0.3) is 5.91 Å². The van der Waals surface area contributed by atoms with Crippen LogP contribution in [0.1, 0.15) is 67.8 Å². The minimum absolute atomic E-state index is 0.0434. The first-order valence-electron chi connectivity index (χ1n) is 12.3. The van der Waals surface area contributed by atoms with Gasteiger partial charge in [0, 0.05) is 36.2 Å². The molecule has 0 radical (unpaired) electrons. The van der Waals surface area contributed by atoms with Gasteiger partial charge in [-0.25, -0.2) is 4.79 Å². The third kappa shape index (κ3) is 6.28. The topological polar surface area (TPSA) is 73.5 Å². The summed E-state index contributed by atoms with van der Waals surface area (Å²) in [5.74, 6) is 0.672. The third-order valence-corrected chi connectivity index (χ3v) is 6.87. The molecule has 0 spiro atoms. The van der Waals surface area contributed by atoms with Crippen molar-refractivity contribution in [2.75, 3.05) is 28.6 Å². The normalized spacial score (nSPS) is 17.5. The summed E-state index contributed by atoms with van der Waals surface area (Å²) in [6.07, 6.45) is 7.92. The summed E-state index contributed by atoms with van der Waals surface area (Å²) in [5, 5.41) is 9.00. The second-order valence-electron chi connectivity index (χ2n) is 9.66. The van der Waals surface area contributed by atoms with E-state index in [0.717, 1.165) is 55.7 Å². The molecule has 33 heavy (non-hydrogen) atoms. The highest BCUT2D eigenvalue weighted by atomic mass is 16.2. The number of aryl methyl sites for hydroxylation is 1. The van der Waals surface area contributed by atoms with Crippen molar-refractivity contribution >= 4 is 29.0 Å². The van der Waals surface area contributed by atoms with Crippen molar-refractivity contribution in [3.05, 3.63) is 53.6 Å². The monoisotopic (exact) mass is 448 g/mol. The minimum Gasteiger partial charge on any atom is -0.371 e. The highest BCUT2D eigenvalue weighted by molar-refractivity contribution is 6.04. The van der Waals surface area contributed by atoms with Gasteiger partial charge in [-0.05, 0) is 68.9 Å². The SMILES string of the molecule is Cc1ccc(NC(=O)Nc2ccc(N3CCC(C)CC3)c(C(=O)NC3CCCCC3)c2)cc1. The molecule has 3 N–H and O–H groups in total. The summed E-state index contributed by atoms with van der Waals surface area (Å²) in [5.41, 5.74) is 4.08. The predicted octanol–water partition coefficient (Wildman–Crippen LogP) is 5.94. The zero-order valence-electron chi connectivity index (χ0n) is 19.8. The second kappa shape index (κ2) is 10.7. The zero-order valence-corrected chi connectivity index (χ0v) is 19.8. The Labute approximate surface area is 197 Å². The summed E-state index contributed by atoms with van der Waals surface area (Å²) in [7, 11) is 0. The molecule has 1 saturated heterocycles. The van der Waals surface area contributed by atoms with Gasteiger partial charge in [-0.15, -0.1) is 0 Å². The lowest BCUT2D eigenvalue weighted by atomic mass is 9.95. The average molecular weight is 449 g/mol. The number of hydrogen-bond acceptors (Lipinski definition) is 3. The van der Waals surface area contributed by atoms with E-state index in [-0.39, 0.29) is 18.0 Å². The average Bonchev–Trinajstić information content (AvgIpc) is 2.82. The van der Waals surface area contributed by atoms with Crippen molar-refractivity contribution in [2.45, 2.75) is 64.8 Å². The van der Waals surface area contributed by atoms with Crippen LogP contribution in [0.2, 0.25) is 0 Å². The smallest absolute Gasteiger partial charge is 0.323 e. The van der Waals surface area contributed by atoms with Crippen LogP contribution < -0.4 is 20.9 Å². The fraction of sp³-hybridized carbons (Fsp3) is 0.481. The van der Waals surface area contributed by atoms with Crippen molar-refractivity contribution in [3.8, 4) is 0 Å². The summed E-state index contributed by atoms with van der Waals surface area (Å²) in [6, 6.07) is 13.3. The van der Waals surface area contributed by atoms with Gasteiger partial charge < -0.3 is 20.9 Å². The molecule has 1 saturated carbocycles. The Kier molecular flexibility index (Phi) is 7.53. The molecule has 2 aromatic carbocycles. The maximum Gasteiger partial charge on any atom is 0.323 e. The molecule has 1 aliphatic carbocycles. The molecule has 4 rings (SSSR count). The number of carbonyl (C=O) groups excluding carboxylic acids is 2. The number of urea groups is 1. The molecular weight excluding hydrogens is 412 g/mol. The Balaban J connectivity index is 1.51. The number of carbonyl (C=O) groups is 2. The number of rotatable bonds is 5. The summed E-state index contributed by atoms with van der Waals surface area (Å²) in [4.78, 5) is 28.2. The fourth-order valence-corrected chi connectivity index (χ4v) is 4.76. The van der Waals surface area contributed by atoms with E-state index in [9.17, 15) is 9.59 Å². The van der Waals surface area contributed by atoms with Crippen molar-refractivity contribution in [3.63, 3.8) is 0 Å². The van der Waals surface area contributed by atoms with Crippen LogP contribution in [0, 0.1) is 12.8 Å². The highest BCUT2D eigenvalue weighted by Crippen LogP contribution is 2.29. The molecule has 2 aliphatic rings. The number of nitrogens with one attached hydrogen (secondary N) is 3. The number of hydrogen-bond donors (Lipinski definition) is 3. The van der Waals surface area contributed by atoms with Gasteiger partial charge in [-0.3, -0.25) is 4.79 Å². The molecule has 1 heterocycles. The first-order chi connectivity index (χ1) is 16.0. The molecule has 0 bridgehead atoms. The standard InChI is InChI=1S/C27H36N4O2/c1-19-8-10-22(11-9-19)29-27(33)30-23-12-13-25(31-16-14-20(2)15-17-31)24(18-23)26(32)28-21-6-4-3-5-7-21/h8-13,18,20-21H,3-7,14-17H2,1-2H3,(H,28,32)(H2,29,30,33). The number of amides is 3. The van der Waals surface area contributed by atoms with Gasteiger partial charge >= 0.3 is 6.03 Å². The van der Waals surface area contributed by atoms with Gasteiger partial charge in [0.05, 0.1) is 5.56 Å². The summed E-state index contributed by atoms with van der Waals surface area (Å²) in [6.45, 7) is 6.19. The van der Waals surface area contributed by atoms with Crippen LogP contribution in [0.15, 0.2) is 42.5 Å². The first kappa shape index (κ1) is 23.1. The number of anilines is 3. The van der Waals surface area contributed by atoms with Gasteiger partial charge in [0.15, 0.2) is 0 Å². The lowest BCUT2D eigenvalue weighted by Gasteiger charge is -2.34. The van der Waals surface area contributed by atoms with Crippen LogP contribution in [0.5, 0.6) is 0 Å². The van der Waals surface area contributed by atoms with Gasteiger partial charge in [-0.1, -0.05) is 43.9 Å². The molecule has 0 aromatic heterocycles. The van der Waals surface area contributed by atoms with Crippen molar-refractivity contribution in [1.82, 2.24) is 5.32 Å².